The number of aliphatic hydroxyl groups is 1. The van der Waals surface area contributed by atoms with E-state index in [0.29, 0.717) is 19.8 Å². The van der Waals surface area contributed by atoms with Crippen molar-refractivity contribution in [1.29, 1.82) is 0 Å². The van der Waals surface area contributed by atoms with E-state index in [9.17, 15) is 5.11 Å². The van der Waals surface area contributed by atoms with Gasteiger partial charge in [-0.15, -0.1) is 0 Å². The third kappa shape index (κ3) is 6.35. The molecule has 1 unspecified atom stereocenters. The maximum atomic E-state index is 9.41. The van der Waals surface area contributed by atoms with Crippen molar-refractivity contribution >= 4 is 0 Å². The quantitative estimate of drug-likeness (QED) is 0.550. The molecule has 1 rings (SSSR count). The monoisotopic (exact) mass is 201 g/mol. The van der Waals surface area contributed by atoms with Gasteiger partial charge in [-0.3, -0.25) is 0 Å². The standard InChI is InChI=1S/C11H23NO2/c1-2-14-9-11(13)8-12-7-3-4-10-5-6-10/h10-13H,2-9H2,1H3. The van der Waals surface area contributed by atoms with Gasteiger partial charge in [0.2, 0.25) is 0 Å². The maximum absolute atomic E-state index is 9.41. The van der Waals surface area contributed by atoms with Crippen LogP contribution in [0.4, 0.5) is 0 Å². The molecular weight excluding hydrogens is 178 g/mol. The first kappa shape index (κ1) is 12.0. The van der Waals surface area contributed by atoms with Crippen LogP contribution in [0.5, 0.6) is 0 Å². The minimum Gasteiger partial charge on any atom is -0.389 e. The Kier molecular flexibility index (Phi) is 6.15. The Morgan fingerprint density at radius 1 is 1.50 bits per heavy atom. The van der Waals surface area contributed by atoms with Crippen LogP contribution in [0.2, 0.25) is 0 Å². The molecule has 3 nitrogen and oxygen atoms in total. The molecule has 1 fully saturated rings. The van der Waals surface area contributed by atoms with Crippen molar-refractivity contribution in [3.63, 3.8) is 0 Å². The second kappa shape index (κ2) is 7.21. The molecule has 0 aromatic heterocycles. The summed E-state index contributed by atoms with van der Waals surface area (Å²) in [6.07, 6.45) is 5.12. The molecule has 1 aliphatic rings. The van der Waals surface area contributed by atoms with Crippen molar-refractivity contribution in [3.05, 3.63) is 0 Å². The number of hydrogen-bond donors (Lipinski definition) is 2. The number of hydrogen-bond acceptors (Lipinski definition) is 3. The van der Waals surface area contributed by atoms with Gasteiger partial charge in [-0.1, -0.05) is 12.8 Å². The van der Waals surface area contributed by atoms with E-state index < -0.39 is 0 Å². The lowest BCUT2D eigenvalue weighted by molar-refractivity contribution is 0.0429. The van der Waals surface area contributed by atoms with Gasteiger partial charge in [0.25, 0.3) is 0 Å². The van der Waals surface area contributed by atoms with Gasteiger partial charge in [0.15, 0.2) is 0 Å². The fraction of sp³-hybridized carbons (Fsp3) is 1.00. The minimum atomic E-state index is -0.351. The molecule has 0 amide bonds. The molecule has 2 N–H and O–H groups in total. The van der Waals surface area contributed by atoms with E-state index in [2.05, 4.69) is 5.32 Å². The Morgan fingerprint density at radius 3 is 2.93 bits per heavy atom. The van der Waals surface area contributed by atoms with E-state index in [1.54, 1.807) is 0 Å². The van der Waals surface area contributed by atoms with Crippen molar-refractivity contribution in [2.24, 2.45) is 5.92 Å². The number of rotatable bonds is 9. The number of nitrogens with one attached hydrogen (secondary N) is 1. The molecule has 84 valence electrons. The fourth-order valence-electron chi connectivity index (χ4n) is 1.50. The number of aliphatic hydroxyl groups excluding tert-OH is 1. The highest BCUT2D eigenvalue weighted by Gasteiger charge is 2.19. The third-order valence-corrected chi connectivity index (χ3v) is 2.56. The first-order valence-corrected chi connectivity index (χ1v) is 5.79. The molecule has 1 atom stereocenters. The SMILES string of the molecule is CCOCC(O)CNCCCC1CC1. The lowest BCUT2D eigenvalue weighted by Gasteiger charge is -2.11. The van der Waals surface area contributed by atoms with Gasteiger partial charge in [-0.2, -0.15) is 0 Å². The maximum Gasteiger partial charge on any atom is 0.0897 e. The Bertz CT molecular complexity index is 137. The first-order valence-electron chi connectivity index (χ1n) is 5.79. The van der Waals surface area contributed by atoms with E-state index in [1.807, 2.05) is 6.92 Å². The Labute approximate surface area is 86.8 Å². The van der Waals surface area contributed by atoms with Crippen LogP contribution < -0.4 is 5.32 Å². The predicted molar refractivity (Wildman–Crippen MR) is 57.3 cm³/mol. The fourth-order valence-corrected chi connectivity index (χ4v) is 1.50. The van der Waals surface area contributed by atoms with Gasteiger partial charge >= 0.3 is 0 Å². The van der Waals surface area contributed by atoms with E-state index in [0.717, 1.165) is 12.5 Å². The van der Waals surface area contributed by atoms with Crippen LogP contribution in [0.1, 0.15) is 32.6 Å². The molecule has 0 heterocycles. The molecule has 0 aromatic carbocycles. The average molecular weight is 201 g/mol. The molecule has 0 aliphatic heterocycles. The molecule has 14 heavy (non-hydrogen) atoms. The largest absolute Gasteiger partial charge is 0.389 e. The summed E-state index contributed by atoms with van der Waals surface area (Å²) in [6, 6.07) is 0. The lowest BCUT2D eigenvalue weighted by atomic mass is 10.2. The van der Waals surface area contributed by atoms with Crippen LogP contribution in [0.15, 0.2) is 0 Å². The van der Waals surface area contributed by atoms with E-state index in [4.69, 9.17) is 4.74 Å². The molecule has 0 radical (unpaired) electrons. The highest BCUT2D eigenvalue weighted by molar-refractivity contribution is 4.73. The predicted octanol–water partition coefficient (Wildman–Crippen LogP) is 1.16. The van der Waals surface area contributed by atoms with Gasteiger partial charge < -0.3 is 15.2 Å². The Morgan fingerprint density at radius 2 is 2.29 bits per heavy atom. The van der Waals surface area contributed by atoms with Gasteiger partial charge in [0.05, 0.1) is 12.7 Å². The first-order chi connectivity index (χ1) is 6.83. The molecule has 1 saturated carbocycles. The van der Waals surface area contributed by atoms with Crippen LogP contribution in [0.3, 0.4) is 0 Å². The zero-order valence-electron chi connectivity index (χ0n) is 9.17. The summed E-state index contributed by atoms with van der Waals surface area (Å²) in [4.78, 5) is 0. The highest BCUT2D eigenvalue weighted by Crippen LogP contribution is 2.33. The summed E-state index contributed by atoms with van der Waals surface area (Å²) in [5.41, 5.74) is 0. The van der Waals surface area contributed by atoms with Crippen molar-refractivity contribution in [3.8, 4) is 0 Å². The molecule has 0 saturated heterocycles. The van der Waals surface area contributed by atoms with Crippen molar-refractivity contribution < 1.29 is 9.84 Å². The van der Waals surface area contributed by atoms with Crippen LogP contribution in [-0.4, -0.2) is 37.5 Å². The summed E-state index contributed by atoms with van der Waals surface area (Å²) in [7, 11) is 0. The summed E-state index contributed by atoms with van der Waals surface area (Å²) in [5.74, 6) is 1.02. The van der Waals surface area contributed by atoms with Crippen LogP contribution >= 0.6 is 0 Å². The van der Waals surface area contributed by atoms with Crippen LogP contribution in [-0.2, 0) is 4.74 Å². The third-order valence-electron chi connectivity index (χ3n) is 2.56. The molecule has 0 bridgehead atoms. The second-order valence-corrected chi connectivity index (χ2v) is 4.10. The topological polar surface area (TPSA) is 41.5 Å². The Balaban J connectivity index is 1.77. The molecular formula is C11H23NO2. The van der Waals surface area contributed by atoms with Gasteiger partial charge in [0, 0.05) is 13.2 Å². The molecule has 3 heteroatoms. The van der Waals surface area contributed by atoms with Gasteiger partial charge in [-0.05, 0) is 32.2 Å². The van der Waals surface area contributed by atoms with Crippen molar-refractivity contribution in [2.45, 2.75) is 38.7 Å². The van der Waals surface area contributed by atoms with Crippen molar-refractivity contribution in [2.75, 3.05) is 26.3 Å². The van der Waals surface area contributed by atoms with Gasteiger partial charge in [0.1, 0.15) is 0 Å². The molecule has 0 spiro atoms. The summed E-state index contributed by atoms with van der Waals surface area (Å²) < 4.78 is 5.11. The zero-order valence-corrected chi connectivity index (χ0v) is 9.17. The summed E-state index contributed by atoms with van der Waals surface area (Å²) in [5, 5.41) is 12.7. The van der Waals surface area contributed by atoms with E-state index >= 15 is 0 Å². The Hall–Kier alpha value is -0.120. The lowest BCUT2D eigenvalue weighted by Crippen LogP contribution is -2.31. The van der Waals surface area contributed by atoms with E-state index in [-0.39, 0.29) is 6.10 Å². The van der Waals surface area contributed by atoms with Crippen LogP contribution in [0.25, 0.3) is 0 Å². The van der Waals surface area contributed by atoms with E-state index in [1.165, 1.54) is 25.7 Å². The smallest absolute Gasteiger partial charge is 0.0897 e. The summed E-state index contributed by atoms with van der Waals surface area (Å²) in [6.45, 7) is 4.75. The number of ether oxygens (including phenoxy) is 1. The summed E-state index contributed by atoms with van der Waals surface area (Å²) >= 11 is 0. The zero-order chi connectivity index (χ0) is 10.2. The highest BCUT2D eigenvalue weighted by atomic mass is 16.5. The van der Waals surface area contributed by atoms with Gasteiger partial charge in [-0.25, -0.2) is 0 Å². The molecule has 1 aliphatic carbocycles. The average Bonchev–Trinajstić information content (AvgIpc) is 2.98. The normalized spacial score (nSPS) is 18.4. The van der Waals surface area contributed by atoms with Crippen LogP contribution in [0, 0.1) is 5.92 Å². The minimum absolute atomic E-state index is 0.351. The second-order valence-electron chi connectivity index (χ2n) is 4.10. The molecule has 0 aromatic rings. The van der Waals surface area contributed by atoms with Crippen molar-refractivity contribution in [1.82, 2.24) is 5.32 Å².